The number of amides is 1. The number of carbonyl (C=O) groups excluding carboxylic acids is 1. The molecule has 0 aliphatic rings. The normalized spacial score (nSPS) is 10.1. The maximum Gasteiger partial charge on any atom is 0.246 e. The van der Waals surface area contributed by atoms with Crippen molar-refractivity contribution in [3.05, 3.63) is 41.5 Å². The van der Waals surface area contributed by atoms with Gasteiger partial charge in [0, 0.05) is 24.7 Å². The predicted molar refractivity (Wildman–Crippen MR) is 72.4 cm³/mol. The van der Waals surface area contributed by atoms with Gasteiger partial charge in [-0.3, -0.25) is 4.79 Å². The number of carbonyl (C=O) groups is 1. The van der Waals surface area contributed by atoms with Crippen molar-refractivity contribution >= 4 is 12.0 Å². The van der Waals surface area contributed by atoms with Gasteiger partial charge in [0.05, 0.1) is 25.0 Å². The minimum atomic E-state index is -0.764. The average Bonchev–Trinajstić information content (AvgIpc) is 2.46. The quantitative estimate of drug-likeness (QED) is 0.756. The minimum Gasteiger partial charge on any atom is -0.337 e. The Labute approximate surface area is 121 Å². The van der Waals surface area contributed by atoms with Crippen molar-refractivity contribution in [3.63, 3.8) is 0 Å². The minimum absolute atomic E-state index is 0.124. The maximum absolute atomic E-state index is 13.4. The van der Waals surface area contributed by atoms with Crippen LogP contribution in [-0.2, 0) is 4.79 Å². The van der Waals surface area contributed by atoms with Gasteiger partial charge < -0.3 is 4.90 Å². The van der Waals surface area contributed by atoms with Gasteiger partial charge in [0.15, 0.2) is 0 Å². The summed E-state index contributed by atoms with van der Waals surface area (Å²) in [6.07, 6.45) is 2.34. The second-order valence-electron chi connectivity index (χ2n) is 4.11. The highest BCUT2D eigenvalue weighted by atomic mass is 19.1. The van der Waals surface area contributed by atoms with E-state index in [0.29, 0.717) is 0 Å². The van der Waals surface area contributed by atoms with Crippen LogP contribution in [0.2, 0.25) is 0 Å². The van der Waals surface area contributed by atoms with Crippen LogP contribution in [-0.4, -0.2) is 23.9 Å². The first-order valence-electron chi connectivity index (χ1n) is 6.25. The van der Waals surface area contributed by atoms with E-state index in [4.69, 9.17) is 10.5 Å². The Kier molecular flexibility index (Phi) is 6.56. The van der Waals surface area contributed by atoms with Gasteiger partial charge in [-0.2, -0.15) is 10.5 Å². The zero-order valence-electron chi connectivity index (χ0n) is 11.2. The molecule has 0 fully saturated rings. The molecule has 1 rings (SSSR count). The summed E-state index contributed by atoms with van der Waals surface area (Å²) in [5.74, 6) is -2.03. The molecule has 0 radical (unpaired) electrons. The summed E-state index contributed by atoms with van der Waals surface area (Å²) >= 11 is 0. The van der Waals surface area contributed by atoms with Crippen LogP contribution in [0.3, 0.4) is 0 Å². The van der Waals surface area contributed by atoms with Gasteiger partial charge in [0.2, 0.25) is 5.91 Å². The topological polar surface area (TPSA) is 67.9 Å². The third-order valence-electron chi connectivity index (χ3n) is 2.69. The van der Waals surface area contributed by atoms with Gasteiger partial charge in [-0.1, -0.05) is 6.07 Å². The lowest BCUT2D eigenvalue weighted by molar-refractivity contribution is -0.125. The van der Waals surface area contributed by atoms with Crippen LogP contribution in [0, 0.1) is 34.3 Å². The van der Waals surface area contributed by atoms with E-state index < -0.39 is 17.5 Å². The molecular formula is C15H13F2N3O. The van der Waals surface area contributed by atoms with E-state index in [2.05, 4.69) is 0 Å². The molecule has 1 aromatic rings. The lowest BCUT2D eigenvalue weighted by Crippen LogP contribution is -2.31. The molecule has 0 saturated carbocycles. The molecule has 6 heteroatoms. The first kappa shape index (κ1) is 16.3. The zero-order chi connectivity index (χ0) is 15.7. The SMILES string of the molecule is N#CCCN(CCC#N)C(=O)/C=C/c1c(F)cccc1F. The van der Waals surface area contributed by atoms with Crippen molar-refractivity contribution in [2.75, 3.05) is 13.1 Å². The number of halogens is 2. The largest absolute Gasteiger partial charge is 0.337 e. The van der Waals surface area contributed by atoms with Crippen LogP contribution in [0.5, 0.6) is 0 Å². The molecule has 0 atom stereocenters. The maximum atomic E-state index is 13.4. The van der Waals surface area contributed by atoms with Crippen LogP contribution in [0.4, 0.5) is 8.78 Å². The van der Waals surface area contributed by atoms with E-state index in [1.807, 2.05) is 12.1 Å². The van der Waals surface area contributed by atoms with Gasteiger partial charge in [-0.05, 0) is 18.2 Å². The molecule has 108 valence electrons. The average molecular weight is 289 g/mol. The Morgan fingerprint density at radius 2 is 1.67 bits per heavy atom. The molecule has 0 N–H and O–H groups in total. The molecule has 0 aliphatic heterocycles. The molecule has 0 saturated heterocycles. The van der Waals surface area contributed by atoms with E-state index in [9.17, 15) is 13.6 Å². The molecule has 0 heterocycles. The highest BCUT2D eigenvalue weighted by molar-refractivity contribution is 5.91. The Balaban J connectivity index is 2.83. The number of nitriles is 2. The fourth-order valence-corrected chi connectivity index (χ4v) is 1.63. The van der Waals surface area contributed by atoms with Crippen LogP contribution < -0.4 is 0 Å². The fourth-order valence-electron chi connectivity index (χ4n) is 1.63. The molecule has 1 aromatic carbocycles. The third kappa shape index (κ3) is 5.04. The van der Waals surface area contributed by atoms with Crippen molar-refractivity contribution in [2.45, 2.75) is 12.8 Å². The second kappa shape index (κ2) is 8.44. The Hall–Kier alpha value is -2.73. The van der Waals surface area contributed by atoms with Crippen LogP contribution in [0.25, 0.3) is 6.08 Å². The molecule has 21 heavy (non-hydrogen) atoms. The Bertz CT molecular complexity index is 576. The number of hydrogen-bond acceptors (Lipinski definition) is 3. The molecule has 0 bridgehead atoms. The Morgan fingerprint density at radius 3 is 2.14 bits per heavy atom. The number of nitrogens with zero attached hydrogens (tertiary/aromatic N) is 3. The number of rotatable bonds is 6. The number of benzene rings is 1. The lowest BCUT2D eigenvalue weighted by atomic mass is 10.2. The summed E-state index contributed by atoms with van der Waals surface area (Å²) in [5.41, 5.74) is -0.300. The van der Waals surface area contributed by atoms with Crippen molar-refractivity contribution in [2.24, 2.45) is 0 Å². The first-order valence-corrected chi connectivity index (χ1v) is 6.25. The van der Waals surface area contributed by atoms with Gasteiger partial charge in [-0.15, -0.1) is 0 Å². The van der Waals surface area contributed by atoms with Crippen molar-refractivity contribution in [1.29, 1.82) is 10.5 Å². The number of hydrogen-bond donors (Lipinski definition) is 0. The summed E-state index contributed by atoms with van der Waals surface area (Å²) in [5, 5.41) is 17.1. The molecular weight excluding hydrogens is 276 g/mol. The second-order valence-corrected chi connectivity index (χ2v) is 4.11. The van der Waals surface area contributed by atoms with E-state index in [-0.39, 0.29) is 31.5 Å². The highest BCUT2D eigenvalue weighted by Crippen LogP contribution is 2.14. The van der Waals surface area contributed by atoms with Crippen molar-refractivity contribution in [3.8, 4) is 12.1 Å². The third-order valence-corrected chi connectivity index (χ3v) is 2.69. The van der Waals surface area contributed by atoms with Crippen LogP contribution in [0.15, 0.2) is 24.3 Å². The monoisotopic (exact) mass is 289 g/mol. The zero-order valence-corrected chi connectivity index (χ0v) is 11.2. The summed E-state index contributed by atoms with van der Waals surface area (Å²) < 4.78 is 26.8. The molecule has 4 nitrogen and oxygen atoms in total. The van der Waals surface area contributed by atoms with E-state index in [1.54, 1.807) is 0 Å². The Morgan fingerprint density at radius 1 is 1.14 bits per heavy atom. The highest BCUT2D eigenvalue weighted by Gasteiger charge is 2.11. The summed E-state index contributed by atoms with van der Waals surface area (Å²) in [7, 11) is 0. The van der Waals surface area contributed by atoms with Crippen LogP contribution in [0.1, 0.15) is 18.4 Å². The smallest absolute Gasteiger partial charge is 0.246 e. The predicted octanol–water partition coefficient (Wildman–Crippen LogP) is 2.63. The fraction of sp³-hybridized carbons (Fsp3) is 0.267. The molecule has 0 unspecified atom stereocenters. The van der Waals surface area contributed by atoms with E-state index in [1.165, 1.54) is 11.0 Å². The molecule has 1 amide bonds. The lowest BCUT2D eigenvalue weighted by Gasteiger charge is -2.18. The van der Waals surface area contributed by atoms with Crippen molar-refractivity contribution < 1.29 is 13.6 Å². The van der Waals surface area contributed by atoms with Crippen LogP contribution >= 0.6 is 0 Å². The molecule has 0 spiro atoms. The molecule has 0 aromatic heterocycles. The van der Waals surface area contributed by atoms with E-state index >= 15 is 0 Å². The standard InChI is InChI=1S/C15H13F2N3O/c16-13-4-1-5-14(17)12(13)6-7-15(21)20(10-2-8-18)11-3-9-19/h1,4-7H,2-3,10-11H2/b7-6+. The van der Waals surface area contributed by atoms with Crippen molar-refractivity contribution in [1.82, 2.24) is 4.90 Å². The van der Waals surface area contributed by atoms with Gasteiger partial charge in [0.25, 0.3) is 0 Å². The van der Waals surface area contributed by atoms with Gasteiger partial charge >= 0.3 is 0 Å². The van der Waals surface area contributed by atoms with E-state index in [0.717, 1.165) is 24.3 Å². The first-order chi connectivity index (χ1) is 10.1. The molecule has 0 aliphatic carbocycles. The summed E-state index contributed by atoms with van der Waals surface area (Å²) in [4.78, 5) is 13.2. The van der Waals surface area contributed by atoms with Gasteiger partial charge in [-0.25, -0.2) is 8.78 Å². The summed E-state index contributed by atoms with van der Waals surface area (Å²) in [6.45, 7) is 0.336. The summed E-state index contributed by atoms with van der Waals surface area (Å²) in [6, 6.07) is 7.22. The van der Waals surface area contributed by atoms with Gasteiger partial charge in [0.1, 0.15) is 11.6 Å².